The van der Waals surface area contributed by atoms with Crippen LogP contribution in [0.15, 0.2) is 6.07 Å². The number of aliphatic carboxylic acids is 1. The molecule has 3 unspecified atom stereocenters. The SMILES string of the molecule is Cc1cc(CC(=O)O)c(C)c2c1OCC(C)(CCCC(C)CCCC(C)CCCC(C)C)C2. The number of aryl methyl sites for hydroxylation is 1. The van der Waals surface area contributed by atoms with Gasteiger partial charge >= 0.3 is 5.97 Å². The number of hydrogen-bond acceptors (Lipinski definition) is 2. The van der Waals surface area contributed by atoms with E-state index in [0.717, 1.165) is 53.2 Å². The summed E-state index contributed by atoms with van der Waals surface area (Å²) in [5.74, 6) is 2.72. The zero-order valence-electron chi connectivity index (χ0n) is 22.6. The van der Waals surface area contributed by atoms with Crippen molar-refractivity contribution in [3.8, 4) is 5.75 Å². The van der Waals surface area contributed by atoms with Crippen molar-refractivity contribution in [3.63, 3.8) is 0 Å². The fourth-order valence-electron chi connectivity index (χ4n) is 5.54. The summed E-state index contributed by atoms with van der Waals surface area (Å²) < 4.78 is 6.26. The molecule has 0 saturated heterocycles. The van der Waals surface area contributed by atoms with E-state index in [0.29, 0.717) is 0 Å². The average Bonchev–Trinajstić information content (AvgIpc) is 2.71. The Hall–Kier alpha value is -1.51. The molecule has 3 heteroatoms. The van der Waals surface area contributed by atoms with Gasteiger partial charge in [0.2, 0.25) is 0 Å². The van der Waals surface area contributed by atoms with Gasteiger partial charge in [0, 0.05) is 5.41 Å². The summed E-state index contributed by atoms with van der Waals surface area (Å²) in [5.41, 5.74) is 4.48. The standard InChI is InChI=1S/C30H50O3/c1-21(2)11-8-12-22(3)13-9-14-23(4)15-10-16-30(7)19-27-25(6)26(18-28(31)32)17-24(5)29(27)33-20-30/h17,21-23H,8-16,18-20H2,1-7H3,(H,31,32). The first kappa shape index (κ1) is 27.7. The van der Waals surface area contributed by atoms with Crippen molar-refractivity contribution in [2.24, 2.45) is 23.2 Å². The first-order chi connectivity index (χ1) is 15.5. The molecule has 1 N–H and O–H groups in total. The number of fused-ring (bicyclic) bond motifs is 1. The molecule has 0 aliphatic carbocycles. The van der Waals surface area contributed by atoms with Crippen LogP contribution in [0, 0.1) is 37.0 Å². The molecule has 0 fully saturated rings. The van der Waals surface area contributed by atoms with E-state index in [1.165, 1.54) is 63.4 Å². The third-order valence-corrected chi connectivity index (χ3v) is 7.82. The highest BCUT2D eigenvalue weighted by Gasteiger charge is 2.33. The van der Waals surface area contributed by atoms with Crippen LogP contribution in [0.4, 0.5) is 0 Å². The Balaban J connectivity index is 1.79. The van der Waals surface area contributed by atoms with E-state index in [9.17, 15) is 9.90 Å². The summed E-state index contributed by atoms with van der Waals surface area (Å²) in [6.07, 6.45) is 13.0. The Morgan fingerprint density at radius 2 is 1.58 bits per heavy atom. The van der Waals surface area contributed by atoms with Gasteiger partial charge in [0.25, 0.3) is 0 Å². The number of benzene rings is 1. The number of carboxylic acids is 1. The zero-order valence-corrected chi connectivity index (χ0v) is 22.6. The van der Waals surface area contributed by atoms with Crippen molar-refractivity contribution in [1.29, 1.82) is 0 Å². The first-order valence-corrected chi connectivity index (χ1v) is 13.5. The molecule has 33 heavy (non-hydrogen) atoms. The van der Waals surface area contributed by atoms with E-state index in [1.807, 2.05) is 13.0 Å². The van der Waals surface area contributed by atoms with Crippen molar-refractivity contribution < 1.29 is 14.6 Å². The number of hydrogen-bond donors (Lipinski definition) is 1. The molecule has 1 aliphatic heterocycles. The lowest BCUT2D eigenvalue weighted by Crippen LogP contribution is -2.33. The Morgan fingerprint density at radius 3 is 2.15 bits per heavy atom. The molecule has 3 nitrogen and oxygen atoms in total. The molecule has 188 valence electrons. The Labute approximate surface area is 203 Å². The quantitative estimate of drug-likeness (QED) is 0.305. The summed E-state index contributed by atoms with van der Waals surface area (Å²) in [5, 5.41) is 9.28. The molecule has 1 heterocycles. The molecular weight excluding hydrogens is 408 g/mol. The molecule has 0 amide bonds. The van der Waals surface area contributed by atoms with E-state index in [1.54, 1.807) is 0 Å². The zero-order chi connectivity index (χ0) is 24.6. The van der Waals surface area contributed by atoms with Crippen molar-refractivity contribution in [3.05, 3.63) is 28.3 Å². The molecule has 0 radical (unpaired) electrons. The van der Waals surface area contributed by atoms with Crippen LogP contribution in [0.2, 0.25) is 0 Å². The highest BCUT2D eigenvalue weighted by atomic mass is 16.5. The summed E-state index contributed by atoms with van der Waals surface area (Å²) in [6, 6.07) is 2.00. The van der Waals surface area contributed by atoms with Gasteiger partial charge in [-0.15, -0.1) is 0 Å². The van der Waals surface area contributed by atoms with Gasteiger partial charge in [-0.05, 0) is 66.7 Å². The van der Waals surface area contributed by atoms with Crippen LogP contribution in [0.25, 0.3) is 0 Å². The van der Waals surface area contributed by atoms with Crippen LogP contribution >= 0.6 is 0 Å². The summed E-state index contributed by atoms with van der Waals surface area (Å²) in [6.45, 7) is 16.7. The molecule has 1 aromatic carbocycles. The van der Waals surface area contributed by atoms with Crippen LogP contribution in [-0.2, 0) is 17.6 Å². The molecule has 0 aromatic heterocycles. The second kappa shape index (κ2) is 12.8. The van der Waals surface area contributed by atoms with Crippen LogP contribution in [0.5, 0.6) is 5.75 Å². The normalized spacial score (nSPS) is 19.8. The smallest absolute Gasteiger partial charge is 0.307 e. The van der Waals surface area contributed by atoms with Gasteiger partial charge in [-0.1, -0.05) is 92.1 Å². The number of ether oxygens (including phenoxy) is 1. The predicted molar refractivity (Wildman–Crippen MR) is 139 cm³/mol. The maximum absolute atomic E-state index is 11.3. The fourth-order valence-corrected chi connectivity index (χ4v) is 5.54. The number of carboxylic acid groups (broad SMARTS) is 1. The van der Waals surface area contributed by atoms with Gasteiger partial charge < -0.3 is 9.84 Å². The van der Waals surface area contributed by atoms with Crippen molar-refractivity contribution >= 4 is 5.97 Å². The first-order valence-electron chi connectivity index (χ1n) is 13.5. The summed E-state index contributed by atoms with van der Waals surface area (Å²) >= 11 is 0. The van der Waals surface area contributed by atoms with Crippen LogP contribution in [0.3, 0.4) is 0 Å². The highest BCUT2D eigenvalue weighted by molar-refractivity contribution is 5.71. The van der Waals surface area contributed by atoms with Gasteiger partial charge in [0.05, 0.1) is 13.0 Å². The van der Waals surface area contributed by atoms with Gasteiger partial charge in [0.1, 0.15) is 5.75 Å². The second-order valence-corrected chi connectivity index (χ2v) is 12.0. The minimum Gasteiger partial charge on any atom is -0.492 e. The monoisotopic (exact) mass is 458 g/mol. The average molecular weight is 459 g/mol. The molecular formula is C30H50O3. The van der Waals surface area contributed by atoms with E-state index in [4.69, 9.17) is 4.74 Å². The topological polar surface area (TPSA) is 46.5 Å². The molecule has 3 atom stereocenters. The van der Waals surface area contributed by atoms with Gasteiger partial charge in [-0.25, -0.2) is 0 Å². The number of carbonyl (C=O) groups is 1. The van der Waals surface area contributed by atoms with E-state index >= 15 is 0 Å². The number of rotatable bonds is 14. The summed E-state index contributed by atoms with van der Waals surface area (Å²) in [7, 11) is 0. The van der Waals surface area contributed by atoms with Crippen molar-refractivity contribution in [1.82, 2.24) is 0 Å². The van der Waals surface area contributed by atoms with Crippen LogP contribution < -0.4 is 4.74 Å². The third kappa shape index (κ3) is 8.98. The third-order valence-electron chi connectivity index (χ3n) is 7.82. The second-order valence-electron chi connectivity index (χ2n) is 12.0. The Morgan fingerprint density at radius 1 is 1.00 bits per heavy atom. The van der Waals surface area contributed by atoms with Gasteiger partial charge in [-0.3, -0.25) is 4.79 Å². The summed E-state index contributed by atoms with van der Waals surface area (Å²) in [4.78, 5) is 11.3. The molecule has 1 aromatic rings. The van der Waals surface area contributed by atoms with E-state index < -0.39 is 5.97 Å². The van der Waals surface area contributed by atoms with Crippen LogP contribution in [-0.4, -0.2) is 17.7 Å². The molecule has 0 bridgehead atoms. The maximum atomic E-state index is 11.3. The molecule has 0 spiro atoms. The van der Waals surface area contributed by atoms with Crippen LogP contribution in [0.1, 0.15) is 115 Å². The minimum atomic E-state index is -0.768. The largest absolute Gasteiger partial charge is 0.492 e. The maximum Gasteiger partial charge on any atom is 0.307 e. The predicted octanol–water partition coefficient (Wildman–Crippen LogP) is 8.31. The highest BCUT2D eigenvalue weighted by Crippen LogP contribution is 2.42. The molecule has 0 saturated carbocycles. The van der Waals surface area contributed by atoms with Crippen molar-refractivity contribution in [2.75, 3.05) is 6.61 Å². The minimum absolute atomic E-state index is 0.0878. The molecule has 2 rings (SSSR count). The Kier molecular flexibility index (Phi) is 10.8. The lowest BCUT2D eigenvalue weighted by molar-refractivity contribution is -0.136. The lowest BCUT2D eigenvalue weighted by atomic mass is 9.75. The lowest BCUT2D eigenvalue weighted by Gasteiger charge is -2.37. The van der Waals surface area contributed by atoms with Crippen molar-refractivity contribution in [2.45, 2.75) is 119 Å². The van der Waals surface area contributed by atoms with E-state index in [2.05, 4.69) is 41.5 Å². The van der Waals surface area contributed by atoms with Gasteiger partial charge in [-0.2, -0.15) is 0 Å². The fraction of sp³-hybridized carbons (Fsp3) is 0.767. The molecule has 1 aliphatic rings. The Bertz CT molecular complexity index is 766. The van der Waals surface area contributed by atoms with Gasteiger partial charge in [0.15, 0.2) is 0 Å². The van der Waals surface area contributed by atoms with E-state index in [-0.39, 0.29) is 11.8 Å².